The number of rotatable bonds is 5. The molecule has 30 heavy (non-hydrogen) atoms. The van der Waals surface area contributed by atoms with Crippen LogP contribution in [-0.4, -0.2) is 29.8 Å². The molecule has 3 aromatic carbocycles. The van der Waals surface area contributed by atoms with Gasteiger partial charge < -0.3 is 24.5 Å². The molecule has 2 heterocycles. The predicted octanol–water partition coefficient (Wildman–Crippen LogP) is 3.84. The molecule has 1 aliphatic rings. The fraction of sp³-hybridized carbons (Fsp3) is 0.136. The van der Waals surface area contributed by atoms with Gasteiger partial charge in [-0.3, -0.25) is 4.79 Å². The third kappa shape index (κ3) is 3.28. The van der Waals surface area contributed by atoms with Gasteiger partial charge in [0, 0.05) is 0 Å². The summed E-state index contributed by atoms with van der Waals surface area (Å²) < 4.78 is 16.9. The van der Waals surface area contributed by atoms with E-state index in [9.17, 15) is 4.79 Å². The lowest BCUT2D eigenvalue weighted by atomic mass is 10.1. The van der Waals surface area contributed by atoms with Crippen molar-refractivity contribution in [2.45, 2.75) is 6.54 Å². The van der Waals surface area contributed by atoms with Crippen LogP contribution in [0.5, 0.6) is 11.5 Å². The molecule has 0 spiro atoms. The Morgan fingerprint density at radius 3 is 2.77 bits per heavy atom. The molecule has 0 unspecified atom stereocenters. The highest BCUT2D eigenvalue weighted by molar-refractivity contribution is 5.97. The number of benzene rings is 3. The maximum atomic E-state index is 11.5. The summed E-state index contributed by atoms with van der Waals surface area (Å²) in [6.07, 6.45) is 0. The number of hydrogen-bond donors (Lipinski definition) is 2. The van der Waals surface area contributed by atoms with Crippen molar-refractivity contribution < 1.29 is 18.7 Å². The molecule has 8 heteroatoms. The number of carbonyl (C=O) groups excluding carboxylic acids is 1. The van der Waals surface area contributed by atoms with Crippen molar-refractivity contribution >= 4 is 28.1 Å². The van der Waals surface area contributed by atoms with Crippen molar-refractivity contribution in [3.63, 3.8) is 0 Å². The zero-order chi connectivity index (χ0) is 20.5. The highest BCUT2D eigenvalue weighted by Crippen LogP contribution is 2.36. The minimum absolute atomic E-state index is 0.0157. The first-order valence-electron chi connectivity index (χ1n) is 9.40. The zero-order valence-electron chi connectivity index (χ0n) is 16.1. The monoisotopic (exact) mass is 402 g/mol. The predicted molar refractivity (Wildman–Crippen MR) is 112 cm³/mol. The lowest BCUT2D eigenvalue weighted by Gasteiger charge is -2.20. The van der Waals surface area contributed by atoms with E-state index in [-0.39, 0.29) is 12.5 Å². The van der Waals surface area contributed by atoms with E-state index >= 15 is 0 Å². The molecule has 0 saturated carbocycles. The number of methoxy groups -OCH3 is 1. The number of amides is 1. The van der Waals surface area contributed by atoms with Crippen molar-refractivity contribution in [1.82, 2.24) is 10.2 Å². The third-order valence-electron chi connectivity index (χ3n) is 4.83. The second-order valence-electron chi connectivity index (χ2n) is 6.77. The van der Waals surface area contributed by atoms with Crippen molar-refractivity contribution in [2.24, 2.45) is 0 Å². The Balaban J connectivity index is 1.39. The SMILES string of the molecule is COc1cc2ccccc2cc1-c1nnc(CNc2cccc3c2OCC(=O)N3)o1. The number of ether oxygens (including phenoxy) is 2. The van der Waals surface area contributed by atoms with Gasteiger partial charge in [-0.15, -0.1) is 10.2 Å². The average molecular weight is 402 g/mol. The van der Waals surface area contributed by atoms with Crippen LogP contribution in [0.2, 0.25) is 0 Å². The molecule has 1 aromatic heterocycles. The van der Waals surface area contributed by atoms with Crippen LogP contribution in [0.4, 0.5) is 11.4 Å². The molecule has 150 valence electrons. The molecule has 0 aliphatic carbocycles. The van der Waals surface area contributed by atoms with E-state index in [2.05, 4.69) is 20.8 Å². The second-order valence-corrected chi connectivity index (χ2v) is 6.77. The molecule has 1 amide bonds. The molecule has 8 nitrogen and oxygen atoms in total. The van der Waals surface area contributed by atoms with Gasteiger partial charge in [0.25, 0.3) is 11.8 Å². The van der Waals surface area contributed by atoms with E-state index in [0.29, 0.717) is 35.5 Å². The number of nitrogens with one attached hydrogen (secondary N) is 2. The number of hydrogen-bond acceptors (Lipinski definition) is 7. The highest BCUT2D eigenvalue weighted by atomic mass is 16.5. The van der Waals surface area contributed by atoms with Crippen LogP contribution in [0, 0.1) is 0 Å². The normalized spacial score (nSPS) is 12.8. The summed E-state index contributed by atoms with van der Waals surface area (Å²) in [6.45, 7) is 0.287. The second kappa shape index (κ2) is 7.40. The molecule has 0 radical (unpaired) electrons. The first-order valence-corrected chi connectivity index (χ1v) is 9.40. The topological polar surface area (TPSA) is 98.5 Å². The van der Waals surface area contributed by atoms with Gasteiger partial charge in [-0.05, 0) is 35.0 Å². The summed E-state index contributed by atoms with van der Waals surface area (Å²) >= 11 is 0. The Kier molecular flexibility index (Phi) is 4.44. The molecule has 0 atom stereocenters. The van der Waals surface area contributed by atoms with Crippen LogP contribution in [-0.2, 0) is 11.3 Å². The zero-order valence-corrected chi connectivity index (χ0v) is 16.1. The van der Waals surface area contributed by atoms with E-state index in [1.807, 2.05) is 48.5 Å². The van der Waals surface area contributed by atoms with Crippen molar-refractivity contribution in [1.29, 1.82) is 0 Å². The summed E-state index contributed by atoms with van der Waals surface area (Å²) in [5, 5.41) is 16.5. The fourth-order valence-corrected chi connectivity index (χ4v) is 3.41. The van der Waals surface area contributed by atoms with Crippen LogP contribution in [0.1, 0.15) is 5.89 Å². The van der Waals surface area contributed by atoms with E-state index in [1.54, 1.807) is 13.2 Å². The van der Waals surface area contributed by atoms with Gasteiger partial charge in [-0.2, -0.15) is 0 Å². The Morgan fingerprint density at radius 1 is 1.10 bits per heavy atom. The summed E-state index contributed by atoms with van der Waals surface area (Å²) in [5.41, 5.74) is 2.09. The van der Waals surface area contributed by atoms with Gasteiger partial charge in [0.15, 0.2) is 12.4 Å². The summed E-state index contributed by atoms with van der Waals surface area (Å²) in [6, 6.07) is 17.4. The molecule has 5 rings (SSSR count). The number of aromatic nitrogens is 2. The van der Waals surface area contributed by atoms with Gasteiger partial charge in [0.1, 0.15) is 5.75 Å². The summed E-state index contributed by atoms with van der Waals surface area (Å²) in [5.74, 6) is 1.88. The van der Waals surface area contributed by atoms with Crippen LogP contribution < -0.4 is 20.1 Å². The Morgan fingerprint density at radius 2 is 1.93 bits per heavy atom. The minimum atomic E-state index is -0.175. The average Bonchev–Trinajstić information content (AvgIpc) is 3.25. The number of nitrogens with zero attached hydrogens (tertiary/aromatic N) is 2. The quantitative estimate of drug-likeness (QED) is 0.523. The molecule has 1 aliphatic heterocycles. The third-order valence-corrected chi connectivity index (χ3v) is 4.83. The standard InChI is InChI=1S/C22H18N4O4/c1-28-18-10-14-6-3-2-5-13(14)9-15(18)22-26-25-20(30-22)11-23-16-7-4-8-17-21(16)29-12-19(27)24-17/h2-10,23H,11-12H2,1H3,(H,24,27). The Hall–Kier alpha value is -4.07. The Bertz CT molecular complexity index is 1250. The number of fused-ring (bicyclic) bond motifs is 2. The largest absolute Gasteiger partial charge is 0.496 e. The fourth-order valence-electron chi connectivity index (χ4n) is 3.41. The van der Waals surface area contributed by atoms with E-state index in [0.717, 1.165) is 22.0 Å². The van der Waals surface area contributed by atoms with E-state index < -0.39 is 0 Å². The molecular weight excluding hydrogens is 384 g/mol. The first kappa shape index (κ1) is 18.0. The van der Waals surface area contributed by atoms with Crippen LogP contribution >= 0.6 is 0 Å². The summed E-state index contributed by atoms with van der Waals surface area (Å²) in [4.78, 5) is 11.5. The van der Waals surface area contributed by atoms with Crippen LogP contribution in [0.25, 0.3) is 22.2 Å². The molecule has 0 fully saturated rings. The minimum Gasteiger partial charge on any atom is -0.496 e. The number of para-hydroxylation sites is 1. The molecule has 0 bridgehead atoms. The molecular formula is C22H18N4O4. The smallest absolute Gasteiger partial charge is 0.262 e. The van der Waals surface area contributed by atoms with Gasteiger partial charge in [0.2, 0.25) is 5.89 Å². The molecule has 4 aromatic rings. The maximum absolute atomic E-state index is 11.5. The lowest BCUT2D eigenvalue weighted by Crippen LogP contribution is -2.25. The first-order chi connectivity index (χ1) is 14.7. The highest BCUT2D eigenvalue weighted by Gasteiger charge is 2.20. The summed E-state index contributed by atoms with van der Waals surface area (Å²) in [7, 11) is 1.61. The van der Waals surface area contributed by atoms with Gasteiger partial charge in [-0.1, -0.05) is 30.3 Å². The molecule has 0 saturated heterocycles. The molecule has 2 N–H and O–H groups in total. The number of anilines is 2. The van der Waals surface area contributed by atoms with E-state index in [1.165, 1.54) is 0 Å². The van der Waals surface area contributed by atoms with Gasteiger partial charge in [0.05, 0.1) is 30.6 Å². The number of carbonyl (C=O) groups is 1. The van der Waals surface area contributed by atoms with Gasteiger partial charge in [-0.25, -0.2) is 0 Å². The van der Waals surface area contributed by atoms with Crippen LogP contribution in [0.15, 0.2) is 59.0 Å². The van der Waals surface area contributed by atoms with Crippen molar-refractivity contribution in [2.75, 3.05) is 24.4 Å². The van der Waals surface area contributed by atoms with Gasteiger partial charge >= 0.3 is 0 Å². The maximum Gasteiger partial charge on any atom is 0.262 e. The Labute approximate surface area is 171 Å². The van der Waals surface area contributed by atoms with Crippen molar-refractivity contribution in [3.05, 3.63) is 60.5 Å². The lowest BCUT2D eigenvalue weighted by molar-refractivity contribution is -0.118. The van der Waals surface area contributed by atoms with Crippen LogP contribution in [0.3, 0.4) is 0 Å². The van der Waals surface area contributed by atoms with Crippen molar-refractivity contribution in [3.8, 4) is 23.0 Å². The van der Waals surface area contributed by atoms with E-state index in [4.69, 9.17) is 13.9 Å².